The number of carbonyl (C=O) groups excluding carboxylic acids is 2. The number of nitrogens with one attached hydrogen (secondary N) is 2. The van der Waals surface area contributed by atoms with Crippen molar-refractivity contribution in [2.75, 3.05) is 5.75 Å². The first kappa shape index (κ1) is 25.5. The van der Waals surface area contributed by atoms with Crippen molar-refractivity contribution in [3.05, 3.63) is 129 Å². The second kappa shape index (κ2) is 11.5. The topological polar surface area (TPSA) is 82.0 Å². The molecule has 1 aliphatic carbocycles. The molecule has 1 amide bonds. The number of nitrogens with zero attached hydrogens (tertiary/aromatic N) is 1. The molecule has 5 rings (SSSR count). The van der Waals surface area contributed by atoms with Crippen molar-refractivity contribution in [3.63, 3.8) is 0 Å². The molecule has 0 bridgehead atoms. The lowest BCUT2D eigenvalue weighted by atomic mass is 9.77. The van der Waals surface area contributed by atoms with Gasteiger partial charge in [0.2, 0.25) is 5.91 Å². The summed E-state index contributed by atoms with van der Waals surface area (Å²) >= 11 is 1.24. The van der Waals surface area contributed by atoms with E-state index in [1.54, 1.807) is 12.1 Å². The number of allylic oxidation sites excluding steroid dienone is 3. The molecule has 0 saturated carbocycles. The number of rotatable bonds is 7. The Hall–Kier alpha value is -4.15. The van der Waals surface area contributed by atoms with Crippen molar-refractivity contribution < 1.29 is 14.0 Å². The highest BCUT2D eigenvalue weighted by atomic mass is 32.2. The van der Waals surface area contributed by atoms with Crippen molar-refractivity contribution in [1.82, 2.24) is 10.6 Å². The Morgan fingerprint density at radius 1 is 1.00 bits per heavy atom. The summed E-state index contributed by atoms with van der Waals surface area (Å²) in [5.41, 5.74) is 4.34. The second-order valence-corrected chi connectivity index (χ2v) is 10.2. The molecule has 0 radical (unpaired) electrons. The van der Waals surface area contributed by atoms with E-state index < -0.39 is 5.92 Å². The fraction of sp³-hybridized carbons (Fsp3) is 0.194. The first-order valence-electron chi connectivity index (χ1n) is 12.5. The molecule has 38 heavy (non-hydrogen) atoms. The van der Waals surface area contributed by atoms with Gasteiger partial charge in [0.05, 0.1) is 34.4 Å². The highest BCUT2D eigenvalue weighted by Gasteiger charge is 2.37. The number of benzene rings is 3. The molecule has 0 saturated heterocycles. The average Bonchev–Trinajstić information content (AvgIpc) is 2.95. The molecule has 2 N–H and O–H groups in total. The number of thioether (sulfide) groups is 1. The van der Waals surface area contributed by atoms with Crippen LogP contribution in [0.15, 0.2) is 107 Å². The summed E-state index contributed by atoms with van der Waals surface area (Å²) in [7, 11) is 0. The lowest BCUT2D eigenvalue weighted by molar-refractivity contribution is -0.119. The third-order valence-electron chi connectivity index (χ3n) is 6.79. The van der Waals surface area contributed by atoms with Gasteiger partial charge < -0.3 is 10.6 Å². The summed E-state index contributed by atoms with van der Waals surface area (Å²) < 4.78 is 13.7. The Kier molecular flexibility index (Phi) is 7.71. The third-order valence-corrected chi connectivity index (χ3v) is 7.80. The fourth-order valence-corrected chi connectivity index (χ4v) is 5.89. The van der Waals surface area contributed by atoms with E-state index in [1.807, 2.05) is 60.7 Å². The maximum atomic E-state index is 13.7. The number of hydrogen-bond acceptors (Lipinski definition) is 5. The van der Waals surface area contributed by atoms with Gasteiger partial charge in [-0.25, -0.2) is 4.39 Å². The predicted molar refractivity (Wildman–Crippen MR) is 146 cm³/mol. The standard InChI is InChI=1S/C31H26FN3O2S/c32-23-16-14-20(15-17-23)28-24(18-33)31(34-25-12-7-13-26(36)29(25)28)38-19-27(37)35-30(21-8-3-1-4-9-21)22-10-5-2-6-11-22/h1-6,8-11,14-17,28,30,34H,7,12-13,19H2,(H,35,37)/t28-/m1/s1. The first-order chi connectivity index (χ1) is 18.5. The molecule has 0 fully saturated rings. The molecule has 0 unspecified atom stereocenters. The van der Waals surface area contributed by atoms with Crippen LogP contribution in [0, 0.1) is 17.1 Å². The van der Waals surface area contributed by atoms with Crippen LogP contribution >= 0.6 is 11.8 Å². The van der Waals surface area contributed by atoms with Crippen LogP contribution in [0.3, 0.4) is 0 Å². The van der Waals surface area contributed by atoms with Crippen molar-refractivity contribution in [2.45, 2.75) is 31.2 Å². The highest BCUT2D eigenvalue weighted by Crippen LogP contribution is 2.44. The number of Topliss-reactive ketones (excluding diaryl/α,β-unsaturated/α-hetero) is 1. The van der Waals surface area contributed by atoms with Crippen LogP contribution in [0.1, 0.15) is 47.9 Å². The lowest BCUT2D eigenvalue weighted by Gasteiger charge is -2.33. The molecule has 0 spiro atoms. The van der Waals surface area contributed by atoms with Gasteiger partial charge in [-0.1, -0.05) is 84.6 Å². The predicted octanol–water partition coefficient (Wildman–Crippen LogP) is 5.89. The van der Waals surface area contributed by atoms with Crippen LogP contribution in [-0.2, 0) is 9.59 Å². The SMILES string of the molecule is N#CC1=C(SCC(=O)NC(c2ccccc2)c2ccccc2)NC2=C(C(=O)CCC2)[C@@H]1c1ccc(F)cc1. The molecule has 3 aromatic carbocycles. The number of halogens is 1. The normalized spacial score (nSPS) is 17.1. The highest BCUT2D eigenvalue weighted by molar-refractivity contribution is 8.03. The van der Waals surface area contributed by atoms with Crippen LogP contribution in [0.25, 0.3) is 0 Å². The van der Waals surface area contributed by atoms with E-state index in [-0.39, 0.29) is 29.3 Å². The van der Waals surface area contributed by atoms with Crippen molar-refractivity contribution in [1.29, 1.82) is 5.26 Å². The number of hydrogen-bond donors (Lipinski definition) is 2. The molecule has 5 nitrogen and oxygen atoms in total. The van der Waals surface area contributed by atoms with Crippen molar-refractivity contribution >= 4 is 23.5 Å². The Morgan fingerprint density at radius 2 is 1.63 bits per heavy atom. The molecule has 0 aromatic heterocycles. The Labute approximate surface area is 225 Å². The Bertz CT molecular complexity index is 1400. The zero-order valence-electron chi connectivity index (χ0n) is 20.6. The van der Waals surface area contributed by atoms with Crippen LogP contribution in [0.4, 0.5) is 4.39 Å². The Balaban J connectivity index is 1.40. The first-order valence-corrected chi connectivity index (χ1v) is 13.5. The van der Waals surface area contributed by atoms with Crippen LogP contribution < -0.4 is 10.6 Å². The average molecular weight is 524 g/mol. The van der Waals surface area contributed by atoms with E-state index in [0.29, 0.717) is 34.6 Å². The number of nitriles is 1. The molecule has 3 aromatic rings. The van der Waals surface area contributed by atoms with Gasteiger partial charge in [-0.3, -0.25) is 9.59 Å². The van der Waals surface area contributed by atoms with Crippen LogP contribution in [-0.4, -0.2) is 17.4 Å². The van der Waals surface area contributed by atoms with Crippen LogP contribution in [0.2, 0.25) is 0 Å². The minimum absolute atomic E-state index is 0.00354. The molecule has 1 heterocycles. The summed E-state index contributed by atoms with van der Waals surface area (Å²) in [6, 6.07) is 27.4. The number of amides is 1. The van der Waals surface area contributed by atoms with Gasteiger partial charge in [0.1, 0.15) is 5.82 Å². The molecule has 190 valence electrons. The van der Waals surface area contributed by atoms with Crippen LogP contribution in [0.5, 0.6) is 0 Å². The van der Waals surface area contributed by atoms with E-state index in [9.17, 15) is 19.2 Å². The van der Waals surface area contributed by atoms with Crippen molar-refractivity contribution in [2.24, 2.45) is 0 Å². The number of ketones is 1. The van der Waals surface area contributed by atoms with E-state index in [0.717, 1.165) is 23.2 Å². The molecular formula is C31H26FN3O2S. The summed E-state index contributed by atoms with van der Waals surface area (Å²) in [4.78, 5) is 26.1. The molecular weight excluding hydrogens is 497 g/mol. The Morgan fingerprint density at radius 3 is 2.24 bits per heavy atom. The van der Waals surface area contributed by atoms with Gasteiger partial charge >= 0.3 is 0 Å². The zero-order chi connectivity index (χ0) is 26.5. The van der Waals surface area contributed by atoms with Crippen molar-refractivity contribution in [3.8, 4) is 6.07 Å². The molecule has 2 aliphatic rings. The summed E-state index contributed by atoms with van der Waals surface area (Å²) in [5, 5.41) is 17.1. The maximum Gasteiger partial charge on any atom is 0.231 e. The second-order valence-electron chi connectivity index (χ2n) is 9.24. The third kappa shape index (κ3) is 5.41. The lowest BCUT2D eigenvalue weighted by Crippen LogP contribution is -2.33. The van der Waals surface area contributed by atoms with Gasteiger partial charge in [-0.15, -0.1) is 0 Å². The number of dihydropyridines is 1. The van der Waals surface area contributed by atoms with Gasteiger partial charge in [-0.05, 0) is 41.7 Å². The quantitative estimate of drug-likeness (QED) is 0.403. The maximum absolute atomic E-state index is 13.7. The summed E-state index contributed by atoms with van der Waals surface area (Å²) in [6.45, 7) is 0. The van der Waals surface area contributed by atoms with Gasteiger partial charge in [0.15, 0.2) is 5.78 Å². The van der Waals surface area contributed by atoms with E-state index >= 15 is 0 Å². The minimum Gasteiger partial charge on any atom is -0.352 e. The molecule has 1 aliphatic heterocycles. The van der Waals surface area contributed by atoms with Gasteiger partial charge in [0, 0.05) is 17.7 Å². The number of carbonyl (C=O) groups is 2. The minimum atomic E-state index is -0.586. The van der Waals surface area contributed by atoms with E-state index in [2.05, 4.69) is 16.7 Å². The van der Waals surface area contributed by atoms with E-state index in [4.69, 9.17) is 0 Å². The molecule has 1 atom stereocenters. The van der Waals surface area contributed by atoms with Gasteiger partial charge in [-0.2, -0.15) is 5.26 Å². The van der Waals surface area contributed by atoms with E-state index in [1.165, 1.54) is 23.9 Å². The molecule has 7 heteroatoms. The summed E-state index contributed by atoms with van der Waals surface area (Å²) in [6.07, 6.45) is 1.82. The van der Waals surface area contributed by atoms with Gasteiger partial charge in [0.25, 0.3) is 0 Å². The largest absolute Gasteiger partial charge is 0.352 e. The summed E-state index contributed by atoms with van der Waals surface area (Å²) in [5.74, 6) is -1.08. The smallest absolute Gasteiger partial charge is 0.231 e. The zero-order valence-corrected chi connectivity index (χ0v) is 21.4. The monoisotopic (exact) mass is 523 g/mol. The fourth-order valence-electron chi connectivity index (χ4n) is 5.02.